The Bertz CT molecular complexity index is 822. The lowest BCUT2D eigenvalue weighted by atomic mass is 9.89. The molecule has 0 amide bonds. The summed E-state index contributed by atoms with van der Waals surface area (Å²) in [4.78, 5) is 4.28. The molecule has 0 bridgehead atoms. The molecule has 2 aromatic carbocycles. The third kappa shape index (κ3) is 6.60. The fraction of sp³-hybridized carbons (Fsp3) is 0.520. The standard InChI is InChI=1S/C25H37N3O3/c1-27(2)13-6-15-31-24-18-22-20(17-23(24)29-5)11-12-26-25(22)19-7-9-21(10-8-19)30-16-14-28(3)4/h7-10,17-18,25-26H,6,11-16H2,1-5H3. The highest BCUT2D eigenvalue weighted by Gasteiger charge is 2.24. The van der Waals surface area contributed by atoms with E-state index in [4.69, 9.17) is 14.2 Å². The van der Waals surface area contributed by atoms with Gasteiger partial charge in [-0.3, -0.25) is 0 Å². The third-order valence-corrected chi connectivity index (χ3v) is 5.51. The SMILES string of the molecule is COc1cc2c(cc1OCCCN(C)C)C(c1ccc(OCCN(C)C)cc1)NCC2. The number of hydrogen-bond donors (Lipinski definition) is 1. The molecule has 0 radical (unpaired) electrons. The molecule has 2 aromatic rings. The van der Waals surface area contributed by atoms with Crippen molar-refractivity contribution in [2.45, 2.75) is 18.9 Å². The van der Waals surface area contributed by atoms with E-state index in [1.807, 2.05) is 14.1 Å². The summed E-state index contributed by atoms with van der Waals surface area (Å²) in [5.41, 5.74) is 3.80. The lowest BCUT2D eigenvalue weighted by Gasteiger charge is -2.29. The average molecular weight is 428 g/mol. The zero-order chi connectivity index (χ0) is 22.2. The fourth-order valence-electron chi connectivity index (χ4n) is 3.80. The van der Waals surface area contributed by atoms with Crippen LogP contribution in [0.1, 0.15) is 29.2 Å². The molecule has 1 aliphatic heterocycles. The Kier molecular flexibility index (Phi) is 8.58. The molecule has 0 saturated carbocycles. The van der Waals surface area contributed by atoms with Crippen molar-refractivity contribution in [3.05, 3.63) is 53.1 Å². The van der Waals surface area contributed by atoms with Crippen LogP contribution in [0.25, 0.3) is 0 Å². The molecule has 31 heavy (non-hydrogen) atoms. The minimum absolute atomic E-state index is 0.134. The average Bonchev–Trinajstić information content (AvgIpc) is 2.76. The maximum absolute atomic E-state index is 6.11. The van der Waals surface area contributed by atoms with Crippen LogP contribution in [0.4, 0.5) is 0 Å². The van der Waals surface area contributed by atoms with E-state index in [0.29, 0.717) is 13.2 Å². The molecule has 1 unspecified atom stereocenters. The highest BCUT2D eigenvalue weighted by Crippen LogP contribution is 2.38. The summed E-state index contributed by atoms with van der Waals surface area (Å²) in [7, 11) is 9.96. The summed E-state index contributed by atoms with van der Waals surface area (Å²) in [6.07, 6.45) is 1.96. The fourth-order valence-corrected chi connectivity index (χ4v) is 3.80. The summed E-state index contributed by atoms with van der Waals surface area (Å²) in [6, 6.07) is 12.9. The Hall–Kier alpha value is -2.28. The van der Waals surface area contributed by atoms with Crippen molar-refractivity contribution in [1.29, 1.82) is 0 Å². The Morgan fingerprint density at radius 2 is 1.65 bits per heavy atom. The first-order valence-corrected chi connectivity index (χ1v) is 11.1. The molecule has 1 atom stereocenters. The van der Waals surface area contributed by atoms with E-state index in [9.17, 15) is 0 Å². The summed E-state index contributed by atoms with van der Waals surface area (Å²) in [6.45, 7) is 4.19. The van der Waals surface area contributed by atoms with Crippen molar-refractivity contribution >= 4 is 0 Å². The number of nitrogens with zero attached hydrogens (tertiary/aromatic N) is 2. The zero-order valence-electron chi connectivity index (χ0n) is 19.6. The van der Waals surface area contributed by atoms with Crippen molar-refractivity contribution in [2.75, 3.05) is 68.1 Å². The second kappa shape index (κ2) is 11.4. The van der Waals surface area contributed by atoms with Crippen molar-refractivity contribution in [3.8, 4) is 17.2 Å². The molecule has 6 heteroatoms. The smallest absolute Gasteiger partial charge is 0.161 e. The Labute approximate surface area is 187 Å². The number of nitrogens with one attached hydrogen (secondary N) is 1. The molecule has 6 nitrogen and oxygen atoms in total. The minimum atomic E-state index is 0.134. The van der Waals surface area contributed by atoms with Gasteiger partial charge in [-0.1, -0.05) is 12.1 Å². The lowest BCUT2D eigenvalue weighted by molar-refractivity contribution is 0.261. The quantitative estimate of drug-likeness (QED) is 0.556. The number of fused-ring (bicyclic) bond motifs is 1. The molecule has 3 rings (SSSR count). The highest BCUT2D eigenvalue weighted by atomic mass is 16.5. The molecule has 1 N–H and O–H groups in total. The van der Waals surface area contributed by atoms with Crippen LogP contribution >= 0.6 is 0 Å². The van der Waals surface area contributed by atoms with Gasteiger partial charge in [0.1, 0.15) is 12.4 Å². The number of rotatable bonds is 11. The van der Waals surface area contributed by atoms with Crippen LogP contribution in [0, 0.1) is 0 Å². The van der Waals surface area contributed by atoms with Crippen molar-refractivity contribution in [2.24, 2.45) is 0 Å². The second-order valence-electron chi connectivity index (χ2n) is 8.57. The molecule has 0 aromatic heterocycles. The summed E-state index contributed by atoms with van der Waals surface area (Å²) < 4.78 is 17.6. The van der Waals surface area contributed by atoms with Crippen LogP contribution in [0.5, 0.6) is 17.2 Å². The zero-order valence-corrected chi connectivity index (χ0v) is 19.6. The molecule has 170 valence electrons. The van der Waals surface area contributed by atoms with Crippen LogP contribution in [0.2, 0.25) is 0 Å². The van der Waals surface area contributed by atoms with E-state index in [1.54, 1.807) is 7.11 Å². The topological polar surface area (TPSA) is 46.2 Å². The monoisotopic (exact) mass is 427 g/mol. The molecule has 0 aliphatic carbocycles. The number of hydrogen-bond acceptors (Lipinski definition) is 6. The molecule has 0 saturated heterocycles. The Morgan fingerprint density at radius 1 is 0.903 bits per heavy atom. The maximum atomic E-state index is 6.11. The van der Waals surface area contributed by atoms with E-state index < -0.39 is 0 Å². The molecule has 0 spiro atoms. The predicted molar refractivity (Wildman–Crippen MR) is 126 cm³/mol. The van der Waals surface area contributed by atoms with Gasteiger partial charge in [-0.05, 0) is 82.0 Å². The van der Waals surface area contributed by atoms with Gasteiger partial charge >= 0.3 is 0 Å². The van der Waals surface area contributed by atoms with Gasteiger partial charge < -0.3 is 29.3 Å². The van der Waals surface area contributed by atoms with Crippen LogP contribution < -0.4 is 19.5 Å². The van der Waals surface area contributed by atoms with Crippen LogP contribution in [-0.2, 0) is 6.42 Å². The van der Waals surface area contributed by atoms with E-state index in [0.717, 1.165) is 49.7 Å². The van der Waals surface area contributed by atoms with E-state index in [1.165, 1.54) is 16.7 Å². The summed E-state index contributed by atoms with van der Waals surface area (Å²) in [5.74, 6) is 2.53. The van der Waals surface area contributed by atoms with Gasteiger partial charge in [0.25, 0.3) is 0 Å². The van der Waals surface area contributed by atoms with Crippen LogP contribution in [-0.4, -0.2) is 77.9 Å². The second-order valence-corrected chi connectivity index (χ2v) is 8.57. The van der Waals surface area contributed by atoms with Gasteiger partial charge in [0.2, 0.25) is 0 Å². The van der Waals surface area contributed by atoms with E-state index >= 15 is 0 Å². The normalized spacial score (nSPS) is 15.8. The number of likely N-dealkylation sites (N-methyl/N-ethyl adjacent to an activating group) is 1. The Balaban J connectivity index is 1.75. The van der Waals surface area contributed by atoms with Crippen LogP contribution in [0.3, 0.4) is 0 Å². The minimum Gasteiger partial charge on any atom is -0.493 e. The largest absolute Gasteiger partial charge is 0.493 e. The molecule has 1 heterocycles. The molecule has 0 fully saturated rings. The first kappa shape index (κ1) is 23.4. The first-order chi connectivity index (χ1) is 15.0. The van der Waals surface area contributed by atoms with E-state index in [-0.39, 0.29) is 6.04 Å². The Morgan fingerprint density at radius 3 is 2.32 bits per heavy atom. The lowest BCUT2D eigenvalue weighted by Crippen LogP contribution is -2.30. The van der Waals surface area contributed by atoms with Gasteiger partial charge in [-0.15, -0.1) is 0 Å². The highest BCUT2D eigenvalue weighted by molar-refractivity contribution is 5.52. The maximum Gasteiger partial charge on any atom is 0.161 e. The van der Waals surface area contributed by atoms with Gasteiger partial charge in [0.05, 0.1) is 19.8 Å². The number of ether oxygens (including phenoxy) is 3. The first-order valence-electron chi connectivity index (χ1n) is 11.1. The van der Waals surface area contributed by atoms with Gasteiger partial charge in [0.15, 0.2) is 11.5 Å². The van der Waals surface area contributed by atoms with Gasteiger partial charge in [0, 0.05) is 19.6 Å². The predicted octanol–water partition coefficient (Wildman–Crippen LogP) is 3.20. The van der Waals surface area contributed by atoms with Crippen molar-refractivity contribution in [3.63, 3.8) is 0 Å². The summed E-state index contributed by atoms with van der Waals surface area (Å²) >= 11 is 0. The van der Waals surface area contributed by atoms with Crippen LogP contribution in [0.15, 0.2) is 36.4 Å². The third-order valence-electron chi connectivity index (χ3n) is 5.51. The molecule has 1 aliphatic rings. The van der Waals surface area contributed by atoms with Crippen molar-refractivity contribution < 1.29 is 14.2 Å². The number of benzene rings is 2. The molecular weight excluding hydrogens is 390 g/mol. The van der Waals surface area contributed by atoms with Gasteiger partial charge in [-0.2, -0.15) is 0 Å². The summed E-state index contributed by atoms with van der Waals surface area (Å²) in [5, 5.41) is 3.67. The number of methoxy groups -OCH3 is 1. The molecular formula is C25H37N3O3. The van der Waals surface area contributed by atoms with Crippen molar-refractivity contribution in [1.82, 2.24) is 15.1 Å². The van der Waals surface area contributed by atoms with Gasteiger partial charge in [-0.25, -0.2) is 0 Å². The van der Waals surface area contributed by atoms with E-state index in [2.05, 4.69) is 65.6 Å².